The molecule has 0 amide bonds. The SMILES string of the molecule is CC/C=C(NC)/C(C)=C/C(C)=C\C(=C(/C)CC)C(C)c1ccccc1. The van der Waals surface area contributed by atoms with E-state index in [1.807, 2.05) is 7.05 Å². The lowest BCUT2D eigenvalue weighted by Gasteiger charge is -2.18. The second-order valence-electron chi connectivity index (χ2n) is 6.71. The molecule has 1 unspecified atom stereocenters. The maximum absolute atomic E-state index is 3.30. The predicted octanol–water partition coefficient (Wildman–Crippen LogP) is 6.92. The van der Waals surface area contributed by atoms with Gasteiger partial charge in [-0.05, 0) is 50.3 Å². The summed E-state index contributed by atoms with van der Waals surface area (Å²) < 4.78 is 0. The number of nitrogens with one attached hydrogen (secondary N) is 1. The Hall–Kier alpha value is -2.02. The Bertz CT molecular complexity index is 657. The van der Waals surface area contributed by atoms with Crippen LogP contribution in [0.3, 0.4) is 0 Å². The second-order valence-corrected chi connectivity index (χ2v) is 6.71. The molecule has 0 spiro atoms. The van der Waals surface area contributed by atoms with Gasteiger partial charge in [0, 0.05) is 18.7 Å². The van der Waals surface area contributed by atoms with Gasteiger partial charge in [0.15, 0.2) is 0 Å². The molecule has 1 atom stereocenters. The number of allylic oxidation sites excluding steroid dienone is 7. The van der Waals surface area contributed by atoms with E-state index in [2.05, 4.69) is 95.4 Å². The fourth-order valence-electron chi connectivity index (χ4n) is 3.11. The molecule has 0 bridgehead atoms. The maximum atomic E-state index is 3.30. The van der Waals surface area contributed by atoms with Crippen molar-refractivity contribution < 1.29 is 0 Å². The Labute approximate surface area is 155 Å². The standard InChI is InChI=1S/C24H35N/c1-8-13-24(25-7)20(5)16-18(3)17-23(19(4)9-2)21(6)22-14-11-10-12-15-22/h10-17,21,25H,8-9H2,1-7H3/b18-17-,20-16+,23-19-,24-13-. The molecule has 0 aromatic heterocycles. The van der Waals surface area contributed by atoms with Gasteiger partial charge in [0.25, 0.3) is 0 Å². The van der Waals surface area contributed by atoms with Crippen LogP contribution in [0.5, 0.6) is 0 Å². The van der Waals surface area contributed by atoms with E-state index < -0.39 is 0 Å². The molecule has 0 aliphatic rings. The van der Waals surface area contributed by atoms with Crippen molar-refractivity contribution in [1.82, 2.24) is 5.32 Å². The number of likely N-dealkylation sites (N-methyl/N-ethyl adjacent to an activating group) is 1. The van der Waals surface area contributed by atoms with Crippen molar-refractivity contribution in [1.29, 1.82) is 0 Å². The topological polar surface area (TPSA) is 12.0 Å². The highest BCUT2D eigenvalue weighted by Crippen LogP contribution is 2.29. The highest BCUT2D eigenvalue weighted by atomic mass is 14.8. The second kappa shape index (κ2) is 10.8. The summed E-state index contributed by atoms with van der Waals surface area (Å²) in [6, 6.07) is 10.8. The molecule has 1 N–H and O–H groups in total. The van der Waals surface area contributed by atoms with Gasteiger partial charge in [0.1, 0.15) is 0 Å². The van der Waals surface area contributed by atoms with E-state index in [0.717, 1.165) is 12.8 Å². The van der Waals surface area contributed by atoms with Gasteiger partial charge < -0.3 is 5.32 Å². The van der Waals surface area contributed by atoms with Gasteiger partial charge in [-0.2, -0.15) is 0 Å². The van der Waals surface area contributed by atoms with E-state index in [1.165, 1.54) is 33.6 Å². The first-order chi connectivity index (χ1) is 11.9. The van der Waals surface area contributed by atoms with Crippen molar-refractivity contribution in [2.24, 2.45) is 0 Å². The van der Waals surface area contributed by atoms with Crippen LogP contribution in [0, 0.1) is 0 Å². The Morgan fingerprint density at radius 1 is 1.04 bits per heavy atom. The van der Waals surface area contributed by atoms with Crippen molar-refractivity contribution in [3.8, 4) is 0 Å². The van der Waals surface area contributed by atoms with Crippen LogP contribution in [-0.2, 0) is 0 Å². The summed E-state index contributed by atoms with van der Waals surface area (Å²) in [5, 5.41) is 3.30. The minimum absolute atomic E-state index is 0.403. The third-order valence-electron chi connectivity index (χ3n) is 4.72. The van der Waals surface area contributed by atoms with Crippen LogP contribution in [-0.4, -0.2) is 7.05 Å². The lowest BCUT2D eigenvalue weighted by molar-refractivity contribution is 0.882. The van der Waals surface area contributed by atoms with Crippen LogP contribution in [0.2, 0.25) is 0 Å². The molecule has 1 nitrogen and oxygen atoms in total. The molecule has 0 aliphatic carbocycles. The van der Waals surface area contributed by atoms with E-state index in [9.17, 15) is 0 Å². The minimum Gasteiger partial charge on any atom is -0.388 e. The molecular formula is C24H35N. The molecule has 0 radical (unpaired) electrons. The Morgan fingerprint density at radius 3 is 2.20 bits per heavy atom. The summed E-state index contributed by atoms with van der Waals surface area (Å²) in [6.45, 7) is 13.3. The zero-order valence-corrected chi connectivity index (χ0v) is 17.1. The van der Waals surface area contributed by atoms with Crippen molar-refractivity contribution >= 4 is 0 Å². The van der Waals surface area contributed by atoms with Crippen molar-refractivity contribution in [2.45, 2.75) is 60.3 Å². The molecule has 1 rings (SSSR count). The van der Waals surface area contributed by atoms with Crippen LogP contribution in [0.1, 0.15) is 65.9 Å². The van der Waals surface area contributed by atoms with Crippen molar-refractivity contribution in [2.75, 3.05) is 7.05 Å². The van der Waals surface area contributed by atoms with Crippen molar-refractivity contribution in [3.05, 3.63) is 82.1 Å². The molecule has 1 heteroatoms. The minimum atomic E-state index is 0.403. The number of benzene rings is 1. The normalized spacial score (nSPS) is 15.7. The quantitative estimate of drug-likeness (QED) is 0.507. The van der Waals surface area contributed by atoms with Crippen LogP contribution in [0.4, 0.5) is 0 Å². The van der Waals surface area contributed by atoms with E-state index >= 15 is 0 Å². The van der Waals surface area contributed by atoms with Gasteiger partial charge in [0.05, 0.1) is 0 Å². The number of hydrogen-bond acceptors (Lipinski definition) is 1. The first kappa shape index (κ1) is 21.0. The van der Waals surface area contributed by atoms with E-state index in [1.54, 1.807) is 0 Å². The fourth-order valence-corrected chi connectivity index (χ4v) is 3.11. The predicted molar refractivity (Wildman–Crippen MR) is 113 cm³/mol. The largest absolute Gasteiger partial charge is 0.388 e. The first-order valence-corrected chi connectivity index (χ1v) is 9.43. The molecule has 25 heavy (non-hydrogen) atoms. The van der Waals surface area contributed by atoms with E-state index in [-0.39, 0.29) is 0 Å². The summed E-state index contributed by atoms with van der Waals surface area (Å²) in [5.74, 6) is 0.403. The highest BCUT2D eigenvalue weighted by molar-refractivity contribution is 5.42. The summed E-state index contributed by atoms with van der Waals surface area (Å²) in [4.78, 5) is 0. The third-order valence-corrected chi connectivity index (χ3v) is 4.72. The summed E-state index contributed by atoms with van der Waals surface area (Å²) in [7, 11) is 1.99. The van der Waals surface area contributed by atoms with Gasteiger partial charge in [-0.3, -0.25) is 0 Å². The lowest BCUT2D eigenvalue weighted by atomic mass is 9.87. The van der Waals surface area contributed by atoms with E-state index in [4.69, 9.17) is 0 Å². The van der Waals surface area contributed by atoms with Crippen LogP contribution in [0.15, 0.2) is 76.5 Å². The summed E-state index contributed by atoms with van der Waals surface area (Å²) >= 11 is 0. The van der Waals surface area contributed by atoms with Gasteiger partial charge in [0.2, 0.25) is 0 Å². The Morgan fingerprint density at radius 2 is 1.68 bits per heavy atom. The van der Waals surface area contributed by atoms with Gasteiger partial charge in [-0.25, -0.2) is 0 Å². The molecule has 1 aromatic rings. The number of rotatable bonds is 8. The third kappa shape index (κ3) is 6.42. The van der Waals surface area contributed by atoms with Crippen molar-refractivity contribution in [3.63, 3.8) is 0 Å². The van der Waals surface area contributed by atoms with Crippen LogP contribution >= 0.6 is 0 Å². The van der Waals surface area contributed by atoms with Crippen LogP contribution < -0.4 is 5.32 Å². The average Bonchev–Trinajstić information content (AvgIpc) is 2.63. The smallest absolute Gasteiger partial charge is 0.0326 e. The van der Waals surface area contributed by atoms with E-state index in [0.29, 0.717) is 5.92 Å². The zero-order chi connectivity index (χ0) is 18.8. The molecule has 136 valence electrons. The van der Waals surface area contributed by atoms with Gasteiger partial charge in [-0.15, -0.1) is 0 Å². The molecule has 0 aliphatic heterocycles. The molecular weight excluding hydrogens is 302 g/mol. The van der Waals surface area contributed by atoms with Gasteiger partial charge in [-0.1, -0.05) is 80.5 Å². The Balaban J connectivity index is 3.22. The maximum Gasteiger partial charge on any atom is 0.0326 e. The Kier molecular flexibility index (Phi) is 9.05. The molecule has 0 saturated carbocycles. The number of hydrogen-bond donors (Lipinski definition) is 1. The summed E-state index contributed by atoms with van der Waals surface area (Å²) in [6.07, 6.45) is 8.99. The molecule has 1 aromatic carbocycles. The van der Waals surface area contributed by atoms with Gasteiger partial charge >= 0.3 is 0 Å². The lowest BCUT2D eigenvalue weighted by Crippen LogP contribution is -2.07. The molecule has 0 saturated heterocycles. The van der Waals surface area contributed by atoms with Crippen LogP contribution in [0.25, 0.3) is 0 Å². The monoisotopic (exact) mass is 337 g/mol. The summed E-state index contributed by atoms with van der Waals surface area (Å²) in [5.41, 5.74) is 8.04. The first-order valence-electron chi connectivity index (χ1n) is 9.43. The molecule has 0 heterocycles. The highest BCUT2D eigenvalue weighted by Gasteiger charge is 2.12. The molecule has 0 fully saturated rings. The fraction of sp³-hybridized carbons (Fsp3) is 0.417. The average molecular weight is 338 g/mol. The zero-order valence-electron chi connectivity index (χ0n) is 17.1.